The van der Waals surface area contributed by atoms with Gasteiger partial charge >= 0.3 is 5.97 Å². The summed E-state index contributed by atoms with van der Waals surface area (Å²) in [5, 5.41) is 0. The lowest BCUT2D eigenvalue weighted by molar-refractivity contribution is -0.135. The zero-order chi connectivity index (χ0) is 8.41. The van der Waals surface area contributed by atoms with Crippen molar-refractivity contribution in [2.75, 3.05) is 7.11 Å². The van der Waals surface area contributed by atoms with Gasteiger partial charge < -0.3 is 9.47 Å². The van der Waals surface area contributed by atoms with Crippen LogP contribution in [0.5, 0.6) is 0 Å². The minimum Gasteiger partial charge on any atom is -0.505 e. The molecule has 0 aliphatic carbocycles. The van der Waals surface area contributed by atoms with Crippen LogP contribution in [-0.2, 0) is 14.3 Å². The SMILES string of the molecule is C=COC.C=COC(C)=O. The van der Waals surface area contributed by atoms with Gasteiger partial charge in [-0.2, -0.15) is 0 Å². The van der Waals surface area contributed by atoms with Crippen LogP contribution in [0.25, 0.3) is 0 Å². The molecule has 0 saturated carbocycles. The predicted molar refractivity (Wildman–Crippen MR) is 39.2 cm³/mol. The maximum absolute atomic E-state index is 9.75. The van der Waals surface area contributed by atoms with Gasteiger partial charge in [0.1, 0.15) is 0 Å². The van der Waals surface area contributed by atoms with Gasteiger partial charge in [0, 0.05) is 6.92 Å². The molecule has 0 aliphatic rings. The van der Waals surface area contributed by atoms with Crippen molar-refractivity contribution < 1.29 is 14.3 Å². The van der Waals surface area contributed by atoms with Gasteiger partial charge in [0.2, 0.25) is 0 Å². The van der Waals surface area contributed by atoms with Crippen molar-refractivity contribution in [3.63, 3.8) is 0 Å². The molecule has 0 aromatic carbocycles. The molecule has 58 valence electrons. The lowest BCUT2D eigenvalue weighted by Crippen LogP contribution is -1.87. The van der Waals surface area contributed by atoms with Crippen molar-refractivity contribution in [3.05, 3.63) is 25.7 Å². The van der Waals surface area contributed by atoms with Crippen LogP contribution in [0, 0.1) is 0 Å². The Bertz CT molecular complexity index is 107. The smallest absolute Gasteiger partial charge is 0.307 e. The van der Waals surface area contributed by atoms with Crippen molar-refractivity contribution in [1.29, 1.82) is 0 Å². The molecule has 0 bridgehead atoms. The van der Waals surface area contributed by atoms with Gasteiger partial charge in [0.15, 0.2) is 0 Å². The number of carbonyl (C=O) groups excluding carboxylic acids is 1. The topological polar surface area (TPSA) is 35.5 Å². The van der Waals surface area contributed by atoms with E-state index in [1.54, 1.807) is 7.11 Å². The van der Waals surface area contributed by atoms with Crippen LogP contribution in [-0.4, -0.2) is 13.1 Å². The molecule has 0 heterocycles. The fourth-order valence-corrected chi connectivity index (χ4v) is 0.117. The molecule has 0 unspecified atom stereocenters. The molecular weight excluding hydrogens is 132 g/mol. The first-order valence-electron chi connectivity index (χ1n) is 2.60. The Hall–Kier alpha value is -1.25. The molecule has 0 aromatic heterocycles. The zero-order valence-corrected chi connectivity index (χ0v) is 6.29. The molecule has 10 heavy (non-hydrogen) atoms. The van der Waals surface area contributed by atoms with Crippen molar-refractivity contribution in [2.45, 2.75) is 6.92 Å². The number of hydrogen-bond donors (Lipinski definition) is 0. The predicted octanol–water partition coefficient (Wildman–Crippen LogP) is 1.47. The second-order valence-electron chi connectivity index (χ2n) is 1.18. The molecule has 0 saturated heterocycles. The monoisotopic (exact) mass is 144 g/mol. The molecule has 0 rings (SSSR count). The van der Waals surface area contributed by atoms with Gasteiger partial charge in [-0.3, -0.25) is 4.79 Å². The van der Waals surface area contributed by atoms with E-state index in [-0.39, 0.29) is 5.97 Å². The summed E-state index contributed by atoms with van der Waals surface area (Å²) >= 11 is 0. The summed E-state index contributed by atoms with van der Waals surface area (Å²) < 4.78 is 8.47. The maximum Gasteiger partial charge on any atom is 0.307 e. The molecule has 0 N–H and O–H groups in total. The number of methoxy groups -OCH3 is 1. The molecular formula is C7H12O3. The quantitative estimate of drug-likeness (QED) is 0.435. The largest absolute Gasteiger partial charge is 0.505 e. The van der Waals surface area contributed by atoms with Crippen LogP contribution in [0.1, 0.15) is 6.92 Å². The Morgan fingerprint density at radius 3 is 1.80 bits per heavy atom. The third kappa shape index (κ3) is 29.5. The van der Waals surface area contributed by atoms with Gasteiger partial charge in [-0.25, -0.2) is 0 Å². The lowest BCUT2D eigenvalue weighted by atomic mass is 10.8. The Morgan fingerprint density at radius 1 is 1.40 bits per heavy atom. The molecule has 0 radical (unpaired) electrons. The second-order valence-corrected chi connectivity index (χ2v) is 1.18. The summed E-state index contributed by atoms with van der Waals surface area (Å²) in [6.45, 7) is 7.74. The van der Waals surface area contributed by atoms with E-state index in [2.05, 4.69) is 22.6 Å². The van der Waals surface area contributed by atoms with E-state index in [1.807, 2.05) is 0 Å². The normalized spacial score (nSPS) is 6.20. The standard InChI is InChI=1S/C4H6O2.C3H6O/c1-3-6-4(2)5;1-3-4-2/h3H,1H2,2H3;3H,1H2,2H3. The summed E-state index contributed by atoms with van der Waals surface area (Å²) in [6, 6.07) is 0. The van der Waals surface area contributed by atoms with Gasteiger partial charge in [-0.15, -0.1) is 0 Å². The number of carbonyl (C=O) groups is 1. The van der Waals surface area contributed by atoms with E-state index in [1.165, 1.54) is 13.2 Å². The van der Waals surface area contributed by atoms with E-state index in [0.717, 1.165) is 6.26 Å². The fourth-order valence-electron chi connectivity index (χ4n) is 0.117. The van der Waals surface area contributed by atoms with Crippen molar-refractivity contribution in [1.82, 2.24) is 0 Å². The van der Waals surface area contributed by atoms with Crippen molar-refractivity contribution in [3.8, 4) is 0 Å². The number of rotatable bonds is 2. The maximum atomic E-state index is 9.75. The lowest BCUT2D eigenvalue weighted by Gasteiger charge is -1.83. The van der Waals surface area contributed by atoms with E-state index in [4.69, 9.17) is 0 Å². The van der Waals surface area contributed by atoms with E-state index in [9.17, 15) is 4.79 Å². The molecule has 0 aromatic rings. The summed E-state index contributed by atoms with van der Waals surface area (Å²) in [4.78, 5) is 9.75. The molecule has 3 nitrogen and oxygen atoms in total. The van der Waals surface area contributed by atoms with Crippen LogP contribution in [0.4, 0.5) is 0 Å². The molecule has 0 atom stereocenters. The summed E-state index contributed by atoms with van der Waals surface area (Å²) in [5.74, 6) is -0.329. The summed E-state index contributed by atoms with van der Waals surface area (Å²) in [7, 11) is 1.56. The highest BCUT2D eigenvalue weighted by Gasteiger charge is 1.79. The number of hydrogen-bond acceptors (Lipinski definition) is 3. The van der Waals surface area contributed by atoms with E-state index >= 15 is 0 Å². The molecule has 0 fully saturated rings. The highest BCUT2D eigenvalue weighted by molar-refractivity contribution is 5.66. The average molecular weight is 144 g/mol. The first kappa shape index (κ1) is 11.5. The molecule has 3 heteroatoms. The third-order valence-corrected chi connectivity index (χ3v) is 0.416. The highest BCUT2D eigenvalue weighted by atomic mass is 16.5. The Labute approximate surface area is 60.9 Å². The Kier molecular flexibility index (Phi) is 12.3. The van der Waals surface area contributed by atoms with Crippen LogP contribution in [0.3, 0.4) is 0 Å². The number of esters is 1. The Morgan fingerprint density at radius 2 is 1.80 bits per heavy atom. The Balaban J connectivity index is 0. The minimum absolute atomic E-state index is 0.329. The van der Waals surface area contributed by atoms with Crippen LogP contribution < -0.4 is 0 Å². The number of ether oxygens (including phenoxy) is 2. The zero-order valence-electron chi connectivity index (χ0n) is 6.29. The molecule has 0 spiro atoms. The van der Waals surface area contributed by atoms with E-state index in [0.29, 0.717) is 0 Å². The first-order valence-corrected chi connectivity index (χ1v) is 2.60. The third-order valence-electron chi connectivity index (χ3n) is 0.416. The van der Waals surface area contributed by atoms with Crippen LogP contribution in [0.15, 0.2) is 25.7 Å². The second kappa shape index (κ2) is 10.7. The van der Waals surface area contributed by atoms with Crippen LogP contribution >= 0.6 is 0 Å². The van der Waals surface area contributed by atoms with Crippen molar-refractivity contribution in [2.24, 2.45) is 0 Å². The summed E-state index contributed by atoms with van der Waals surface area (Å²) in [5.41, 5.74) is 0. The molecule has 0 aliphatic heterocycles. The van der Waals surface area contributed by atoms with Crippen molar-refractivity contribution >= 4 is 5.97 Å². The van der Waals surface area contributed by atoms with E-state index < -0.39 is 0 Å². The minimum atomic E-state index is -0.329. The molecule has 0 amide bonds. The van der Waals surface area contributed by atoms with Gasteiger partial charge in [0.25, 0.3) is 0 Å². The van der Waals surface area contributed by atoms with Gasteiger partial charge in [-0.1, -0.05) is 13.2 Å². The average Bonchev–Trinajstić information content (AvgIpc) is 1.89. The highest BCUT2D eigenvalue weighted by Crippen LogP contribution is 1.70. The van der Waals surface area contributed by atoms with Crippen LogP contribution in [0.2, 0.25) is 0 Å². The van der Waals surface area contributed by atoms with Gasteiger partial charge in [-0.05, 0) is 0 Å². The first-order chi connectivity index (χ1) is 4.68. The van der Waals surface area contributed by atoms with Gasteiger partial charge in [0.05, 0.1) is 19.6 Å². The summed E-state index contributed by atoms with van der Waals surface area (Å²) in [6.07, 6.45) is 2.47. The fraction of sp³-hybridized carbons (Fsp3) is 0.286.